The molecule has 0 amide bonds. The maximum Gasteiger partial charge on any atom is 0.328 e. The summed E-state index contributed by atoms with van der Waals surface area (Å²) in [6.07, 6.45) is 0. The molecule has 19 heavy (non-hydrogen) atoms. The van der Waals surface area contributed by atoms with Crippen molar-refractivity contribution in [1.29, 1.82) is 0 Å². The summed E-state index contributed by atoms with van der Waals surface area (Å²) in [6, 6.07) is 15.0. The third-order valence-electron chi connectivity index (χ3n) is 3.38. The van der Waals surface area contributed by atoms with Gasteiger partial charge >= 0.3 is 9.28 Å². The van der Waals surface area contributed by atoms with Crippen LogP contribution in [-0.2, 0) is 8.85 Å². The number of fused-ring (bicyclic) bond motifs is 1. The van der Waals surface area contributed by atoms with Crippen molar-refractivity contribution in [1.82, 2.24) is 0 Å². The second-order valence-corrected chi connectivity index (χ2v) is 7.04. The number of hydrogen-bond donors (Lipinski definition) is 0. The lowest BCUT2D eigenvalue weighted by Crippen LogP contribution is -2.30. The molecule has 0 saturated heterocycles. The maximum absolute atomic E-state index is 5.86. The molecule has 2 rings (SSSR count). The molecule has 0 aliphatic carbocycles. The molecule has 0 heterocycles. The average molecular weight is 274 g/mol. The van der Waals surface area contributed by atoms with E-state index < -0.39 is 9.28 Å². The normalized spacial score (nSPS) is 13.1. The Kier molecular flexibility index (Phi) is 5.13. The van der Waals surface area contributed by atoms with Crippen LogP contribution in [0, 0.1) is 0 Å². The van der Waals surface area contributed by atoms with Gasteiger partial charge in [-0.1, -0.05) is 49.4 Å². The fourth-order valence-corrected chi connectivity index (χ4v) is 4.37. The van der Waals surface area contributed by atoms with Gasteiger partial charge in [-0.2, -0.15) is 0 Å². The van der Waals surface area contributed by atoms with Crippen LogP contribution in [0.15, 0.2) is 42.5 Å². The van der Waals surface area contributed by atoms with Crippen molar-refractivity contribution in [2.24, 2.45) is 0 Å². The Hall–Kier alpha value is -1.16. The molecule has 3 heteroatoms. The molecular formula is C16H22O2Si. The highest BCUT2D eigenvalue weighted by Crippen LogP contribution is 2.27. The van der Waals surface area contributed by atoms with Crippen molar-refractivity contribution in [3.63, 3.8) is 0 Å². The number of benzene rings is 2. The van der Waals surface area contributed by atoms with E-state index >= 15 is 0 Å². The fraction of sp³-hybridized carbons (Fsp3) is 0.375. The molecule has 2 aromatic carbocycles. The van der Waals surface area contributed by atoms with Gasteiger partial charge in [-0.25, -0.2) is 0 Å². The highest BCUT2D eigenvalue weighted by Gasteiger charge is 2.24. The highest BCUT2D eigenvalue weighted by atomic mass is 28.3. The Morgan fingerprint density at radius 2 is 1.58 bits per heavy atom. The maximum atomic E-state index is 5.86. The van der Waals surface area contributed by atoms with Crippen LogP contribution in [0.3, 0.4) is 0 Å². The second kappa shape index (κ2) is 6.85. The van der Waals surface area contributed by atoms with Crippen molar-refractivity contribution < 1.29 is 8.85 Å². The van der Waals surface area contributed by atoms with Crippen LogP contribution in [0.5, 0.6) is 0 Å². The smallest absolute Gasteiger partial charge is 0.328 e. The molecule has 0 N–H and O–H groups in total. The summed E-state index contributed by atoms with van der Waals surface area (Å²) in [4.78, 5) is 0. The molecule has 0 fully saturated rings. The van der Waals surface area contributed by atoms with Crippen molar-refractivity contribution in [2.75, 3.05) is 13.2 Å². The van der Waals surface area contributed by atoms with E-state index in [-0.39, 0.29) is 0 Å². The largest absolute Gasteiger partial charge is 0.396 e. The predicted octanol–water partition coefficient (Wildman–Crippen LogP) is 3.78. The minimum atomic E-state index is -1.66. The van der Waals surface area contributed by atoms with Crippen LogP contribution < -0.4 is 0 Å². The molecule has 2 aromatic rings. The van der Waals surface area contributed by atoms with Gasteiger partial charge in [-0.15, -0.1) is 0 Å². The third kappa shape index (κ3) is 3.24. The first kappa shape index (κ1) is 14.3. The molecular weight excluding hydrogens is 252 g/mol. The van der Waals surface area contributed by atoms with Crippen molar-refractivity contribution in [2.45, 2.75) is 26.3 Å². The molecule has 0 aliphatic heterocycles. The van der Waals surface area contributed by atoms with Gasteiger partial charge in [0.15, 0.2) is 0 Å². The number of hydrogen-bond acceptors (Lipinski definition) is 2. The lowest BCUT2D eigenvalue weighted by molar-refractivity contribution is 0.206. The molecule has 0 saturated carbocycles. The second-order valence-electron chi connectivity index (χ2n) is 4.64. The molecule has 1 atom stereocenters. The summed E-state index contributed by atoms with van der Waals surface area (Å²) in [5.41, 5.74) is 1.70. The number of rotatable bonds is 6. The standard InChI is InChI=1S/C16H22O2Si/c1-4-17-19(18-5-2)13(3)15-12-8-10-14-9-6-7-11-16(14)15/h6-13,19H,4-5H2,1-3H3. The van der Waals surface area contributed by atoms with Crippen LogP contribution in [0.4, 0.5) is 0 Å². The van der Waals surface area contributed by atoms with Gasteiger partial charge in [0.25, 0.3) is 0 Å². The van der Waals surface area contributed by atoms with E-state index in [0.29, 0.717) is 5.54 Å². The van der Waals surface area contributed by atoms with Gasteiger partial charge in [-0.3, -0.25) is 0 Å². The van der Waals surface area contributed by atoms with Gasteiger partial charge in [0.1, 0.15) is 0 Å². The van der Waals surface area contributed by atoms with Gasteiger partial charge in [0.2, 0.25) is 0 Å². The van der Waals surface area contributed by atoms with Crippen LogP contribution in [-0.4, -0.2) is 22.5 Å². The molecule has 0 aliphatic rings. The Morgan fingerprint density at radius 3 is 2.26 bits per heavy atom. The SMILES string of the molecule is CCO[SiH](OCC)C(C)c1cccc2ccccc12. The first-order valence-electron chi connectivity index (χ1n) is 6.98. The summed E-state index contributed by atoms with van der Waals surface area (Å²) in [5.74, 6) is 0. The summed E-state index contributed by atoms with van der Waals surface area (Å²) in [5, 5.41) is 2.60. The summed E-state index contributed by atoms with van der Waals surface area (Å²) in [7, 11) is -1.66. The van der Waals surface area contributed by atoms with Crippen LogP contribution in [0.25, 0.3) is 10.8 Å². The summed E-state index contributed by atoms with van der Waals surface area (Å²) >= 11 is 0. The zero-order valence-electron chi connectivity index (χ0n) is 11.9. The van der Waals surface area contributed by atoms with Gasteiger partial charge < -0.3 is 8.85 Å². The molecule has 0 spiro atoms. The van der Waals surface area contributed by atoms with Crippen molar-refractivity contribution in [3.05, 3.63) is 48.0 Å². The highest BCUT2D eigenvalue weighted by molar-refractivity contribution is 6.46. The lowest BCUT2D eigenvalue weighted by Gasteiger charge is -2.23. The Labute approximate surface area is 117 Å². The van der Waals surface area contributed by atoms with Crippen LogP contribution >= 0.6 is 0 Å². The summed E-state index contributed by atoms with van der Waals surface area (Å²) in [6.45, 7) is 7.76. The fourth-order valence-electron chi connectivity index (χ4n) is 2.46. The third-order valence-corrected chi connectivity index (χ3v) is 5.88. The molecule has 1 unspecified atom stereocenters. The van der Waals surface area contributed by atoms with E-state index in [2.05, 4.69) is 49.4 Å². The minimum absolute atomic E-state index is 0.353. The van der Waals surface area contributed by atoms with E-state index in [1.165, 1.54) is 16.3 Å². The monoisotopic (exact) mass is 274 g/mol. The van der Waals surface area contributed by atoms with Crippen LogP contribution in [0.1, 0.15) is 31.9 Å². The van der Waals surface area contributed by atoms with Crippen molar-refractivity contribution in [3.8, 4) is 0 Å². The molecule has 0 bridgehead atoms. The quantitative estimate of drug-likeness (QED) is 0.746. The Balaban J connectivity index is 2.36. The molecule has 102 valence electrons. The average Bonchev–Trinajstić information content (AvgIpc) is 2.46. The summed E-state index contributed by atoms with van der Waals surface area (Å²) < 4.78 is 11.7. The van der Waals surface area contributed by atoms with E-state index in [1.807, 2.05) is 13.8 Å². The minimum Gasteiger partial charge on any atom is -0.396 e. The van der Waals surface area contributed by atoms with E-state index in [1.54, 1.807) is 0 Å². The Bertz CT molecular complexity index is 516. The molecule has 2 nitrogen and oxygen atoms in total. The van der Waals surface area contributed by atoms with E-state index in [0.717, 1.165) is 13.2 Å². The molecule has 0 aromatic heterocycles. The first-order chi connectivity index (χ1) is 9.27. The van der Waals surface area contributed by atoms with Crippen molar-refractivity contribution >= 4 is 20.1 Å². The van der Waals surface area contributed by atoms with E-state index in [4.69, 9.17) is 8.85 Å². The topological polar surface area (TPSA) is 18.5 Å². The zero-order chi connectivity index (χ0) is 13.7. The first-order valence-corrected chi connectivity index (χ1v) is 8.59. The Morgan fingerprint density at radius 1 is 0.947 bits per heavy atom. The van der Waals surface area contributed by atoms with E-state index in [9.17, 15) is 0 Å². The van der Waals surface area contributed by atoms with Gasteiger partial charge in [0.05, 0.1) is 0 Å². The predicted molar refractivity (Wildman–Crippen MR) is 82.8 cm³/mol. The van der Waals surface area contributed by atoms with Crippen LogP contribution in [0.2, 0.25) is 0 Å². The van der Waals surface area contributed by atoms with Gasteiger partial charge in [-0.05, 0) is 30.2 Å². The van der Waals surface area contributed by atoms with Gasteiger partial charge in [0, 0.05) is 18.8 Å². The lowest BCUT2D eigenvalue weighted by atomic mass is 10.0. The molecule has 0 radical (unpaired) electrons. The zero-order valence-corrected chi connectivity index (χ0v) is 13.1.